The van der Waals surface area contributed by atoms with Gasteiger partial charge < -0.3 is 9.40 Å². The Labute approximate surface area is 162 Å². The zero-order valence-corrected chi connectivity index (χ0v) is 15.4. The maximum atomic E-state index is 13.1. The third-order valence-corrected chi connectivity index (χ3v) is 5.57. The van der Waals surface area contributed by atoms with Crippen LogP contribution >= 0.6 is 0 Å². The van der Waals surface area contributed by atoms with Gasteiger partial charge in [0.1, 0.15) is 5.82 Å². The summed E-state index contributed by atoms with van der Waals surface area (Å²) < 4.78 is 18.8. The van der Waals surface area contributed by atoms with Gasteiger partial charge in [0, 0.05) is 22.7 Å². The van der Waals surface area contributed by atoms with E-state index in [2.05, 4.69) is 50.5 Å². The lowest BCUT2D eigenvalue weighted by Gasteiger charge is -2.30. The van der Waals surface area contributed by atoms with Gasteiger partial charge in [-0.1, -0.05) is 18.2 Å². The summed E-state index contributed by atoms with van der Waals surface area (Å²) in [7, 11) is 0. The van der Waals surface area contributed by atoms with Crippen molar-refractivity contribution < 1.29 is 8.81 Å². The maximum absolute atomic E-state index is 13.1. The van der Waals surface area contributed by atoms with E-state index in [4.69, 9.17) is 4.42 Å². The Balaban J connectivity index is 1.22. The number of halogens is 1. The number of fused-ring (bicyclic) bond motifs is 1. The molecule has 0 radical (unpaired) electrons. The van der Waals surface area contributed by atoms with Crippen molar-refractivity contribution in [2.45, 2.75) is 25.3 Å². The number of piperidine rings is 1. The third-order valence-electron chi connectivity index (χ3n) is 5.57. The Bertz CT molecular complexity index is 1080. The Kier molecular flexibility index (Phi) is 4.41. The standard InChI is InChI=1S/C22H21FN4O/c23-17-7-5-16(6-8-17)22-26-25-21(28-22)14-27-11-9-15(10-12-27)19-13-24-20-4-2-1-3-18(19)20/h1-8,13,15,24H,9-12,14H2. The summed E-state index contributed by atoms with van der Waals surface area (Å²) in [6.45, 7) is 2.64. The topological polar surface area (TPSA) is 58.0 Å². The van der Waals surface area contributed by atoms with Crippen molar-refractivity contribution in [2.24, 2.45) is 0 Å². The van der Waals surface area contributed by atoms with Gasteiger partial charge >= 0.3 is 0 Å². The monoisotopic (exact) mass is 376 g/mol. The first-order valence-electron chi connectivity index (χ1n) is 9.63. The Morgan fingerprint density at radius 1 is 1.04 bits per heavy atom. The van der Waals surface area contributed by atoms with E-state index in [9.17, 15) is 4.39 Å². The van der Waals surface area contributed by atoms with Crippen LogP contribution in [0, 0.1) is 5.82 Å². The third kappa shape index (κ3) is 3.31. The van der Waals surface area contributed by atoms with E-state index >= 15 is 0 Å². The largest absolute Gasteiger partial charge is 0.419 e. The molecule has 28 heavy (non-hydrogen) atoms. The minimum absolute atomic E-state index is 0.276. The molecule has 0 bridgehead atoms. The molecule has 1 fully saturated rings. The Hall–Kier alpha value is -2.99. The zero-order chi connectivity index (χ0) is 18.9. The lowest BCUT2D eigenvalue weighted by Crippen LogP contribution is -2.32. The molecule has 2 aromatic heterocycles. The van der Waals surface area contributed by atoms with Crippen LogP contribution in [-0.2, 0) is 6.54 Å². The molecule has 0 saturated carbocycles. The second kappa shape index (κ2) is 7.20. The summed E-state index contributed by atoms with van der Waals surface area (Å²) in [6, 6.07) is 14.6. The quantitative estimate of drug-likeness (QED) is 0.559. The van der Waals surface area contributed by atoms with E-state index in [0.717, 1.165) is 31.5 Å². The van der Waals surface area contributed by atoms with Crippen molar-refractivity contribution in [2.75, 3.05) is 13.1 Å². The lowest BCUT2D eigenvalue weighted by molar-refractivity contribution is 0.188. The molecule has 1 aliphatic rings. The molecule has 6 heteroatoms. The average molecular weight is 376 g/mol. The highest BCUT2D eigenvalue weighted by molar-refractivity contribution is 5.83. The molecule has 1 saturated heterocycles. The molecule has 0 spiro atoms. The van der Waals surface area contributed by atoms with Crippen molar-refractivity contribution in [3.05, 3.63) is 72.0 Å². The van der Waals surface area contributed by atoms with Crippen molar-refractivity contribution in [1.29, 1.82) is 0 Å². The fraction of sp³-hybridized carbons (Fsp3) is 0.273. The average Bonchev–Trinajstić information content (AvgIpc) is 3.36. The van der Waals surface area contributed by atoms with Crippen LogP contribution in [0.4, 0.5) is 4.39 Å². The predicted octanol–water partition coefficient (Wildman–Crippen LogP) is 4.74. The van der Waals surface area contributed by atoms with Crippen LogP contribution < -0.4 is 0 Å². The van der Waals surface area contributed by atoms with Crippen LogP contribution in [0.5, 0.6) is 0 Å². The van der Waals surface area contributed by atoms with Gasteiger partial charge in [-0.2, -0.15) is 0 Å². The summed E-state index contributed by atoms with van der Waals surface area (Å²) in [5.41, 5.74) is 3.36. The van der Waals surface area contributed by atoms with Gasteiger partial charge in [-0.25, -0.2) is 4.39 Å². The van der Waals surface area contributed by atoms with E-state index in [0.29, 0.717) is 24.2 Å². The molecule has 2 aromatic carbocycles. The number of hydrogen-bond donors (Lipinski definition) is 1. The van der Waals surface area contributed by atoms with Gasteiger partial charge in [0.05, 0.1) is 6.54 Å². The number of benzene rings is 2. The number of nitrogens with zero attached hydrogens (tertiary/aromatic N) is 3. The fourth-order valence-corrected chi connectivity index (χ4v) is 4.05. The number of aromatic amines is 1. The summed E-state index contributed by atoms with van der Waals surface area (Å²) in [5.74, 6) is 1.33. The molecule has 3 heterocycles. The van der Waals surface area contributed by atoms with Gasteiger partial charge in [-0.3, -0.25) is 4.90 Å². The van der Waals surface area contributed by atoms with Gasteiger partial charge in [-0.15, -0.1) is 10.2 Å². The van der Waals surface area contributed by atoms with Crippen LogP contribution in [0.2, 0.25) is 0 Å². The van der Waals surface area contributed by atoms with Crippen molar-refractivity contribution in [1.82, 2.24) is 20.1 Å². The number of rotatable bonds is 4. The van der Waals surface area contributed by atoms with Crippen LogP contribution in [0.1, 0.15) is 30.2 Å². The summed E-state index contributed by atoms with van der Waals surface area (Å²) in [5, 5.41) is 9.60. The molecule has 1 N–H and O–H groups in total. The lowest BCUT2D eigenvalue weighted by atomic mass is 9.89. The van der Waals surface area contributed by atoms with Crippen LogP contribution in [0.3, 0.4) is 0 Å². The minimum atomic E-state index is -0.276. The SMILES string of the molecule is Fc1ccc(-c2nnc(CN3CCC(c4c[nH]c5ccccc45)CC3)o2)cc1. The molecule has 0 aliphatic carbocycles. The van der Waals surface area contributed by atoms with E-state index < -0.39 is 0 Å². The van der Waals surface area contributed by atoms with E-state index in [-0.39, 0.29) is 5.82 Å². The van der Waals surface area contributed by atoms with Crippen LogP contribution in [0.25, 0.3) is 22.4 Å². The van der Waals surface area contributed by atoms with Crippen molar-refractivity contribution in [3.63, 3.8) is 0 Å². The number of H-pyrrole nitrogens is 1. The van der Waals surface area contributed by atoms with Crippen LogP contribution in [0.15, 0.2) is 59.1 Å². The molecule has 0 amide bonds. The highest BCUT2D eigenvalue weighted by Gasteiger charge is 2.24. The van der Waals surface area contributed by atoms with Crippen molar-refractivity contribution in [3.8, 4) is 11.5 Å². The van der Waals surface area contributed by atoms with Gasteiger partial charge in [0.15, 0.2) is 0 Å². The molecular weight excluding hydrogens is 355 g/mol. The van der Waals surface area contributed by atoms with Crippen molar-refractivity contribution >= 4 is 10.9 Å². The second-order valence-corrected chi connectivity index (χ2v) is 7.35. The number of likely N-dealkylation sites (tertiary alicyclic amines) is 1. The Morgan fingerprint density at radius 2 is 1.82 bits per heavy atom. The first-order valence-corrected chi connectivity index (χ1v) is 9.63. The van der Waals surface area contributed by atoms with E-state index in [1.54, 1.807) is 12.1 Å². The minimum Gasteiger partial charge on any atom is -0.419 e. The second-order valence-electron chi connectivity index (χ2n) is 7.35. The highest BCUT2D eigenvalue weighted by atomic mass is 19.1. The van der Waals surface area contributed by atoms with E-state index in [1.807, 2.05) is 0 Å². The first kappa shape index (κ1) is 17.1. The summed E-state index contributed by atoms with van der Waals surface area (Å²) in [4.78, 5) is 5.74. The summed E-state index contributed by atoms with van der Waals surface area (Å²) >= 11 is 0. The molecular formula is C22H21FN4O. The molecule has 142 valence electrons. The Morgan fingerprint density at radius 3 is 2.64 bits per heavy atom. The molecule has 0 unspecified atom stereocenters. The fourth-order valence-electron chi connectivity index (χ4n) is 4.05. The highest BCUT2D eigenvalue weighted by Crippen LogP contribution is 2.33. The smallest absolute Gasteiger partial charge is 0.247 e. The molecule has 5 nitrogen and oxygen atoms in total. The number of hydrogen-bond acceptors (Lipinski definition) is 4. The number of para-hydroxylation sites is 1. The van der Waals surface area contributed by atoms with Gasteiger partial charge in [0.2, 0.25) is 11.8 Å². The number of nitrogens with one attached hydrogen (secondary N) is 1. The first-order chi connectivity index (χ1) is 13.8. The molecule has 4 aromatic rings. The van der Waals surface area contributed by atoms with Crippen LogP contribution in [-0.4, -0.2) is 33.2 Å². The molecule has 0 atom stereocenters. The van der Waals surface area contributed by atoms with Gasteiger partial charge in [-0.05, 0) is 67.7 Å². The summed E-state index contributed by atoms with van der Waals surface area (Å²) in [6.07, 6.45) is 4.39. The molecule has 1 aliphatic heterocycles. The van der Waals surface area contributed by atoms with Gasteiger partial charge in [0.25, 0.3) is 0 Å². The maximum Gasteiger partial charge on any atom is 0.247 e. The normalized spacial score (nSPS) is 16.0. The molecule has 5 rings (SSSR count). The van der Waals surface area contributed by atoms with E-state index in [1.165, 1.54) is 28.6 Å². The number of aromatic nitrogens is 3. The zero-order valence-electron chi connectivity index (χ0n) is 15.4. The predicted molar refractivity (Wildman–Crippen MR) is 105 cm³/mol.